The quantitative estimate of drug-likeness (QED) is 0.692. The fourth-order valence-electron chi connectivity index (χ4n) is 3.15. The van der Waals surface area contributed by atoms with Crippen molar-refractivity contribution in [2.75, 3.05) is 18.5 Å². The van der Waals surface area contributed by atoms with Gasteiger partial charge in [-0.2, -0.15) is 0 Å². The van der Waals surface area contributed by atoms with Crippen LogP contribution in [0.2, 0.25) is 0 Å². The van der Waals surface area contributed by atoms with Gasteiger partial charge in [-0.1, -0.05) is 30.3 Å². The van der Waals surface area contributed by atoms with E-state index in [4.69, 9.17) is 5.73 Å². The summed E-state index contributed by atoms with van der Waals surface area (Å²) in [5, 5.41) is 3.64. The van der Waals surface area contributed by atoms with Crippen LogP contribution in [0.15, 0.2) is 54.7 Å². The average Bonchev–Trinajstić information content (AvgIpc) is 2.67. The summed E-state index contributed by atoms with van der Waals surface area (Å²) in [5.41, 5.74) is 10.4. The number of aryl methyl sites for hydroxylation is 1. The maximum absolute atomic E-state index is 12.1. The fourth-order valence-corrected chi connectivity index (χ4v) is 3.15. The number of rotatable bonds is 6. The normalized spacial score (nSPS) is 11.8. The number of hydrogen-bond donors (Lipinski definition) is 2. The van der Waals surface area contributed by atoms with Crippen LogP contribution >= 0.6 is 0 Å². The molecule has 2 aromatic carbocycles. The number of aromatic nitrogens is 1. The number of carbonyl (C=O) groups is 2. The van der Waals surface area contributed by atoms with Crippen molar-refractivity contribution >= 4 is 28.4 Å². The van der Waals surface area contributed by atoms with Gasteiger partial charge in [-0.15, -0.1) is 0 Å². The number of likely N-dealkylation sites (N-methyl/N-ethyl adjacent to an activating group) is 1. The number of fused-ring (bicyclic) bond motifs is 1. The number of pyridine rings is 1. The van der Waals surface area contributed by atoms with Crippen molar-refractivity contribution < 1.29 is 9.59 Å². The Morgan fingerprint density at radius 3 is 2.61 bits per heavy atom. The molecule has 0 radical (unpaired) electrons. The number of nitrogens with two attached hydrogens (primary N) is 1. The molecule has 144 valence electrons. The Morgan fingerprint density at radius 2 is 1.89 bits per heavy atom. The first-order valence-corrected chi connectivity index (χ1v) is 9.11. The standard InChI is InChI=1S/C22H24N4O2/c1-14-6-4-5-7-17(14)18-10-11-24-20-12-16(8-9-19(18)20)26(3)13-21(27)25-15(2)22(23)28/h4-12,15H,13H2,1-3H3,(H2,23,28)(H,25,27)/t15-/m0/s1. The number of amides is 2. The van der Waals surface area contributed by atoms with Gasteiger partial charge in [0.15, 0.2) is 0 Å². The van der Waals surface area contributed by atoms with Crippen LogP contribution in [0.25, 0.3) is 22.0 Å². The predicted octanol–water partition coefficient (Wildman–Crippen LogP) is 2.64. The SMILES string of the molecule is Cc1ccccc1-c1ccnc2cc(N(C)CC(=O)N[C@@H](C)C(N)=O)ccc12. The molecular weight excluding hydrogens is 352 g/mol. The highest BCUT2D eigenvalue weighted by Crippen LogP contribution is 2.31. The van der Waals surface area contributed by atoms with Gasteiger partial charge in [-0.05, 0) is 48.7 Å². The second kappa shape index (κ2) is 8.08. The Hall–Kier alpha value is -3.41. The molecule has 28 heavy (non-hydrogen) atoms. The smallest absolute Gasteiger partial charge is 0.240 e. The zero-order valence-electron chi connectivity index (χ0n) is 16.3. The van der Waals surface area contributed by atoms with Crippen molar-refractivity contribution in [1.82, 2.24) is 10.3 Å². The number of anilines is 1. The minimum Gasteiger partial charge on any atom is -0.368 e. The minimum atomic E-state index is -0.698. The molecule has 0 saturated heterocycles. The number of primary amides is 1. The zero-order valence-corrected chi connectivity index (χ0v) is 16.3. The molecule has 0 aliphatic carbocycles. The van der Waals surface area contributed by atoms with Crippen LogP contribution < -0.4 is 16.0 Å². The van der Waals surface area contributed by atoms with E-state index in [1.807, 2.05) is 48.3 Å². The van der Waals surface area contributed by atoms with E-state index in [0.717, 1.165) is 22.2 Å². The van der Waals surface area contributed by atoms with E-state index in [-0.39, 0.29) is 12.5 Å². The van der Waals surface area contributed by atoms with Crippen LogP contribution in [-0.4, -0.2) is 36.4 Å². The van der Waals surface area contributed by atoms with E-state index in [1.165, 1.54) is 11.1 Å². The van der Waals surface area contributed by atoms with Crippen LogP contribution in [0.4, 0.5) is 5.69 Å². The molecule has 3 N–H and O–H groups in total. The van der Waals surface area contributed by atoms with Gasteiger partial charge in [0.1, 0.15) is 6.04 Å². The number of nitrogens with one attached hydrogen (secondary N) is 1. The van der Waals surface area contributed by atoms with Gasteiger partial charge < -0.3 is 16.0 Å². The number of nitrogens with zero attached hydrogens (tertiary/aromatic N) is 2. The molecule has 0 aliphatic rings. The fraction of sp³-hybridized carbons (Fsp3) is 0.227. The number of benzene rings is 2. The zero-order chi connectivity index (χ0) is 20.3. The third-order valence-electron chi connectivity index (χ3n) is 4.79. The van der Waals surface area contributed by atoms with Crippen LogP contribution in [0.3, 0.4) is 0 Å². The van der Waals surface area contributed by atoms with Crippen molar-refractivity contribution in [2.45, 2.75) is 19.9 Å². The molecule has 6 heteroatoms. The Labute approximate surface area is 164 Å². The van der Waals surface area contributed by atoms with Crippen LogP contribution in [0.1, 0.15) is 12.5 Å². The highest BCUT2D eigenvalue weighted by Gasteiger charge is 2.15. The average molecular weight is 376 g/mol. The molecule has 1 heterocycles. The van der Waals surface area contributed by atoms with Crippen LogP contribution in [0, 0.1) is 6.92 Å². The highest BCUT2D eigenvalue weighted by atomic mass is 16.2. The third-order valence-corrected chi connectivity index (χ3v) is 4.79. The first-order chi connectivity index (χ1) is 13.4. The predicted molar refractivity (Wildman–Crippen MR) is 112 cm³/mol. The Balaban J connectivity index is 1.86. The number of carbonyl (C=O) groups excluding carboxylic acids is 2. The minimum absolute atomic E-state index is 0.112. The van der Waals surface area contributed by atoms with Crippen molar-refractivity contribution in [3.8, 4) is 11.1 Å². The maximum atomic E-state index is 12.1. The Morgan fingerprint density at radius 1 is 1.14 bits per heavy atom. The molecule has 0 unspecified atom stereocenters. The van der Waals surface area contributed by atoms with E-state index >= 15 is 0 Å². The van der Waals surface area contributed by atoms with E-state index in [1.54, 1.807) is 13.1 Å². The first-order valence-electron chi connectivity index (χ1n) is 9.11. The van der Waals surface area contributed by atoms with Gasteiger partial charge in [0.05, 0.1) is 12.1 Å². The summed E-state index contributed by atoms with van der Waals surface area (Å²) in [6.45, 7) is 3.77. The van der Waals surface area contributed by atoms with Crippen molar-refractivity contribution in [3.05, 3.63) is 60.3 Å². The lowest BCUT2D eigenvalue weighted by Crippen LogP contribution is -2.45. The summed E-state index contributed by atoms with van der Waals surface area (Å²) in [6, 6.07) is 15.5. The summed E-state index contributed by atoms with van der Waals surface area (Å²) in [6.07, 6.45) is 1.80. The Bertz CT molecular complexity index is 1030. The van der Waals surface area contributed by atoms with E-state index in [0.29, 0.717) is 0 Å². The summed E-state index contributed by atoms with van der Waals surface area (Å²) < 4.78 is 0. The van der Waals surface area contributed by atoms with Crippen LogP contribution in [-0.2, 0) is 9.59 Å². The lowest BCUT2D eigenvalue weighted by Gasteiger charge is -2.20. The summed E-state index contributed by atoms with van der Waals surface area (Å²) in [5.74, 6) is -0.829. The lowest BCUT2D eigenvalue weighted by molar-refractivity contribution is -0.126. The van der Waals surface area contributed by atoms with Gasteiger partial charge in [-0.3, -0.25) is 14.6 Å². The molecule has 0 bridgehead atoms. The molecule has 1 atom stereocenters. The molecule has 0 fully saturated rings. The molecular formula is C22H24N4O2. The molecule has 3 aromatic rings. The topological polar surface area (TPSA) is 88.3 Å². The summed E-state index contributed by atoms with van der Waals surface area (Å²) in [7, 11) is 1.82. The third kappa shape index (κ3) is 4.11. The monoisotopic (exact) mass is 376 g/mol. The van der Waals surface area contributed by atoms with Crippen molar-refractivity contribution in [3.63, 3.8) is 0 Å². The molecule has 2 amide bonds. The highest BCUT2D eigenvalue weighted by molar-refractivity contribution is 5.97. The van der Waals surface area contributed by atoms with Gasteiger partial charge in [0, 0.05) is 24.3 Å². The molecule has 1 aromatic heterocycles. The second-order valence-corrected chi connectivity index (χ2v) is 6.92. The molecule has 6 nitrogen and oxygen atoms in total. The Kier molecular flexibility index (Phi) is 5.59. The van der Waals surface area contributed by atoms with Gasteiger partial charge >= 0.3 is 0 Å². The molecule has 0 saturated carbocycles. The number of hydrogen-bond acceptors (Lipinski definition) is 4. The van der Waals surface area contributed by atoms with E-state index < -0.39 is 11.9 Å². The largest absolute Gasteiger partial charge is 0.368 e. The van der Waals surface area contributed by atoms with Gasteiger partial charge in [-0.25, -0.2) is 0 Å². The van der Waals surface area contributed by atoms with Gasteiger partial charge in [0.2, 0.25) is 11.8 Å². The van der Waals surface area contributed by atoms with Crippen molar-refractivity contribution in [1.29, 1.82) is 0 Å². The van der Waals surface area contributed by atoms with Gasteiger partial charge in [0.25, 0.3) is 0 Å². The lowest BCUT2D eigenvalue weighted by atomic mass is 9.97. The summed E-state index contributed by atoms with van der Waals surface area (Å²) in [4.78, 5) is 29.5. The molecule has 0 spiro atoms. The first kappa shape index (κ1) is 19.4. The van der Waals surface area contributed by atoms with E-state index in [2.05, 4.69) is 29.4 Å². The second-order valence-electron chi connectivity index (χ2n) is 6.92. The molecule has 0 aliphatic heterocycles. The maximum Gasteiger partial charge on any atom is 0.240 e. The molecule has 3 rings (SSSR count). The van der Waals surface area contributed by atoms with Crippen LogP contribution in [0.5, 0.6) is 0 Å². The summed E-state index contributed by atoms with van der Waals surface area (Å²) >= 11 is 0. The van der Waals surface area contributed by atoms with Crippen molar-refractivity contribution in [2.24, 2.45) is 5.73 Å². The van der Waals surface area contributed by atoms with E-state index in [9.17, 15) is 9.59 Å².